The lowest BCUT2D eigenvalue weighted by Crippen LogP contribution is -2.33. The van der Waals surface area contributed by atoms with Crippen molar-refractivity contribution in [1.82, 2.24) is 9.97 Å². The van der Waals surface area contributed by atoms with Crippen LogP contribution in [0, 0.1) is 0 Å². The molecular formula is C13H21N3O4. The first kappa shape index (κ1) is 16.3. The van der Waals surface area contributed by atoms with Gasteiger partial charge >= 0.3 is 5.97 Å². The van der Waals surface area contributed by atoms with E-state index in [-0.39, 0.29) is 5.69 Å². The van der Waals surface area contributed by atoms with Gasteiger partial charge in [0.15, 0.2) is 11.5 Å². The van der Waals surface area contributed by atoms with Crippen molar-refractivity contribution in [3.05, 3.63) is 18.1 Å². The molecule has 1 N–H and O–H groups in total. The standard InChI is InChI=1S/C13H21N3O4/c1-3-19-9-7-16(8-10-20-4-2)12-11(13(17)18)14-5-6-15-12/h5-6H,3-4,7-10H2,1-2H3,(H,17,18). The molecule has 0 amide bonds. The lowest BCUT2D eigenvalue weighted by molar-refractivity contribution is 0.0690. The molecule has 7 heteroatoms. The van der Waals surface area contributed by atoms with Crippen molar-refractivity contribution in [2.75, 3.05) is 44.4 Å². The predicted octanol–water partition coefficient (Wildman–Crippen LogP) is 1.05. The molecule has 0 fully saturated rings. The molecule has 0 spiro atoms. The summed E-state index contributed by atoms with van der Waals surface area (Å²) in [4.78, 5) is 21.0. The van der Waals surface area contributed by atoms with Gasteiger partial charge in [-0.05, 0) is 13.8 Å². The van der Waals surface area contributed by atoms with Gasteiger partial charge in [-0.1, -0.05) is 0 Å². The SMILES string of the molecule is CCOCCN(CCOCC)c1nccnc1C(=O)O. The molecule has 0 bridgehead atoms. The molecule has 1 rings (SSSR count). The van der Waals surface area contributed by atoms with E-state index in [1.807, 2.05) is 18.7 Å². The first-order chi connectivity index (χ1) is 9.70. The fourth-order valence-electron chi connectivity index (χ4n) is 1.67. The highest BCUT2D eigenvalue weighted by Gasteiger charge is 2.18. The normalized spacial score (nSPS) is 10.5. The largest absolute Gasteiger partial charge is 0.476 e. The Balaban J connectivity index is 2.81. The number of carboxylic acids is 1. The quantitative estimate of drug-likeness (QED) is 0.642. The molecule has 112 valence electrons. The van der Waals surface area contributed by atoms with Crippen molar-refractivity contribution >= 4 is 11.8 Å². The maximum atomic E-state index is 11.2. The molecule has 0 aromatic carbocycles. The van der Waals surface area contributed by atoms with Gasteiger partial charge in [-0.2, -0.15) is 0 Å². The first-order valence-corrected chi connectivity index (χ1v) is 6.65. The number of anilines is 1. The molecule has 0 aliphatic carbocycles. The monoisotopic (exact) mass is 283 g/mol. The number of aromatic nitrogens is 2. The van der Waals surface area contributed by atoms with Gasteiger partial charge in [0.1, 0.15) is 0 Å². The van der Waals surface area contributed by atoms with Gasteiger partial charge in [-0.25, -0.2) is 14.8 Å². The van der Waals surface area contributed by atoms with Crippen molar-refractivity contribution in [2.24, 2.45) is 0 Å². The van der Waals surface area contributed by atoms with Crippen LogP contribution in [-0.2, 0) is 9.47 Å². The highest BCUT2D eigenvalue weighted by atomic mass is 16.5. The van der Waals surface area contributed by atoms with Gasteiger partial charge in [0.25, 0.3) is 0 Å². The lowest BCUT2D eigenvalue weighted by atomic mass is 10.3. The average molecular weight is 283 g/mol. The molecule has 1 heterocycles. The molecule has 0 aliphatic rings. The molecule has 7 nitrogen and oxygen atoms in total. The van der Waals surface area contributed by atoms with E-state index in [4.69, 9.17) is 14.6 Å². The van der Waals surface area contributed by atoms with Gasteiger partial charge < -0.3 is 19.5 Å². The second kappa shape index (κ2) is 9.22. The smallest absolute Gasteiger partial charge is 0.358 e. The second-order valence-electron chi connectivity index (χ2n) is 3.91. The minimum absolute atomic E-state index is 0.0551. The summed E-state index contributed by atoms with van der Waals surface area (Å²) in [6, 6.07) is 0. The molecule has 20 heavy (non-hydrogen) atoms. The third-order valence-corrected chi connectivity index (χ3v) is 2.60. The topological polar surface area (TPSA) is 84.8 Å². The fraction of sp³-hybridized carbons (Fsp3) is 0.615. The first-order valence-electron chi connectivity index (χ1n) is 6.65. The van der Waals surface area contributed by atoms with Crippen LogP contribution in [0.15, 0.2) is 12.4 Å². The van der Waals surface area contributed by atoms with Crippen LogP contribution in [0.1, 0.15) is 24.3 Å². The summed E-state index contributed by atoms with van der Waals surface area (Å²) >= 11 is 0. The number of carboxylic acid groups (broad SMARTS) is 1. The Morgan fingerprint density at radius 1 is 1.15 bits per heavy atom. The second-order valence-corrected chi connectivity index (χ2v) is 3.91. The van der Waals surface area contributed by atoms with Crippen LogP contribution in [0.25, 0.3) is 0 Å². The summed E-state index contributed by atoms with van der Waals surface area (Å²) in [6.45, 7) is 7.14. The Kier molecular flexibility index (Phi) is 7.52. The number of aromatic carboxylic acids is 1. The minimum Gasteiger partial charge on any atom is -0.476 e. The summed E-state index contributed by atoms with van der Waals surface area (Å²) in [7, 11) is 0. The number of ether oxygens (including phenoxy) is 2. The Morgan fingerprint density at radius 3 is 2.20 bits per heavy atom. The van der Waals surface area contributed by atoms with Crippen LogP contribution in [0.4, 0.5) is 5.82 Å². The molecule has 0 saturated carbocycles. The third kappa shape index (κ3) is 5.10. The van der Waals surface area contributed by atoms with Crippen LogP contribution in [0.5, 0.6) is 0 Å². The maximum Gasteiger partial charge on any atom is 0.358 e. The van der Waals surface area contributed by atoms with Crippen LogP contribution >= 0.6 is 0 Å². The van der Waals surface area contributed by atoms with Crippen LogP contribution in [0.3, 0.4) is 0 Å². The van der Waals surface area contributed by atoms with Gasteiger partial charge in [0.05, 0.1) is 13.2 Å². The van der Waals surface area contributed by atoms with E-state index in [0.717, 1.165) is 0 Å². The molecule has 0 radical (unpaired) electrons. The molecule has 0 saturated heterocycles. The molecule has 0 atom stereocenters. The summed E-state index contributed by atoms with van der Waals surface area (Å²) < 4.78 is 10.6. The molecular weight excluding hydrogens is 262 g/mol. The van der Waals surface area contributed by atoms with Crippen LogP contribution in [-0.4, -0.2) is 60.6 Å². The molecule has 0 aliphatic heterocycles. The Morgan fingerprint density at radius 2 is 1.70 bits per heavy atom. The average Bonchev–Trinajstić information content (AvgIpc) is 2.46. The summed E-state index contributed by atoms with van der Waals surface area (Å²) in [5.41, 5.74) is -0.0551. The number of hydrogen-bond donors (Lipinski definition) is 1. The van der Waals surface area contributed by atoms with Gasteiger partial charge in [0, 0.05) is 38.7 Å². The summed E-state index contributed by atoms with van der Waals surface area (Å²) in [5, 5.41) is 9.17. The van der Waals surface area contributed by atoms with E-state index in [2.05, 4.69) is 9.97 Å². The van der Waals surface area contributed by atoms with E-state index in [9.17, 15) is 4.79 Å². The van der Waals surface area contributed by atoms with Crippen molar-refractivity contribution in [1.29, 1.82) is 0 Å². The zero-order chi connectivity index (χ0) is 14.8. The van der Waals surface area contributed by atoms with Crippen LogP contribution in [0.2, 0.25) is 0 Å². The van der Waals surface area contributed by atoms with E-state index in [1.165, 1.54) is 12.4 Å². The van der Waals surface area contributed by atoms with Crippen molar-refractivity contribution in [2.45, 2.75) is 13.8 Å². The molecule has 1 aromatic rings. The van der Waals surface area contributed by atoms with E-state index < -0.39 is 5.97 Å². The number of carbonyl (C=O) groups is 1. The number of nitrogens with zero attached hydrogens (tertiary/aromatic N) is 3. The van der Waals surface area contributed by atoms with E-state index in [0.29, 0.717) is 45.3 Å². The predicted molar refractivity (Wildman–Crippen MR) is 74.2 cm³/mol. The Labute approximate surface area is 118 Å². The highest BCUT2D eigenvalue weighted by Crippen LogP contribution is 2.14. The van der Waals surface area contributed by atoms with E-state index in [1.54, 1.807) is 0 Å². The summed E-state index contributed by atoms with van der Waals surface area (Å²) in [5.74, 6) is -0.745. The minimum atomic E-state index is -1.09. The van der Waals surface area contributed by atoms with Crippen LogP contribution < -0.4 is 4.90 Å². The number of rotatable bonds is 10. The zero-order valence-corrected chi connectivity index (χ0v) is 11.9. The summed E-state index contributed by atoms with van der Waals surface area (Å²) in [6.07, 6.45) is 2.85. The Hall–Kier alpha value is -1.73. The zero-order valence-electron chi connectivity index (χ0n) is 11.9. The third-order valence-electron chi connectivity index (χ3n) is 2.60. The van der Waals surface area contributed by atoms with E-state index >= 15 is 0 Å². The van der Waals surface area contributed by atoms with Crippen molar-refractivity contribution in [3.8, 4) is 0 Å². The van der Waals surface area contributed by atoms with Gasteiger partial charge in [0.2, 0.25) is 0 Å². The van der Waals surface area contributed by atoms with Gasteiger partial charge in [-0.3, -0.25) is 0 Å². The fourth-order valence-corrected chi connectivity index (χ4v) is 1.67. The molecule has 0 unspecified atom stereocenters. The number of hydrogen-bond acceptors (Lipinski definition) is 6. The van der Waals surface area contributed by atoms with Crippen molar-refractivity contribution in [3.63, 3.8) is 0 Å². The Bertz CT molecular complexity index is 404. The highest BCUT2D eigenvalue weighted by molar-refractivity contribution is 5.90. The van der Waals surface area contributed by atoms with Crippen molar-refractivity contribution < 1.29 is 19.4 Å². The molecule has 1 aromatic heterocycles. The lowest BCUT2D eigenvalue weighted by Gasteiger charge is -2.24. The van der Waals surface area contributed by atoms with Gasteiger partial charge in [-0.15, -0.1) is 0 Å². The maximum absolute atomic E-state index is 11.2.